The number of carbonyl (C=O) groups excluding carboxylic acids is 1. The fraction of sp³-hybridized carbons (Fsp3) is 0.533. The summed E-state index contributed by atoms with van der Waals surface area (Å²) in [6.45, 7) is 0. The zero-order valence-corrected chi connectivity index (χ0v) is 14.3. The first-order valence-electron chi connectivity index (χ1n) is 6.72. The fourth-order valence-corrected chi connectivity index (χ4v) is 2.63. The molecule has 1 rings (SSSR count). The van der Waals surface area contributed by atoms with Gasteiger partial charge in [-0.05, 0) is 25.0 Å². The Labute approximate surface area is 136 Å². The predicted molar refractivity (Wildman–Crippen MR) is 80.2 cm³/mol. The molecule has 0 saturated carbocycles. The van der Waals surface area contributed by atoms with E-state index < -0.39 is 17.4 Å². The van der Waals surface area contributed by atoms with E-state index in [0.717, 1.165) is 6.07 Å². The Hall–Kier alpha value is -1.05. The van der Waals surface area contributed by atoms with Crippen LogP contribution in [-0.4, -0.2) is 27.3 Å². The molecule has 0 spiro atoms. The molecular weight excluding hydrogens is 362 g/mol. The van der Waals surface area contributed by atoms with E-state index in [9.17, 15) is 13.6 Å². The number of esters is 1. The van der Waals surface area contributed by atoms with E-state index in [4.69, 9.17) is 9.47 Å². The van der Waals surface area contributed by atoms with Gasteiger partial charge in [-0.25, -0.2) is 8.78 Å². The third kappa shape index (κ3) is 4.47. The molecular formula is C15H19BrF2O4. The van der Waals surface area contributed by atoms with Gasteiger partial charge in [0.05, 0.1) is 12.7 Å². The highest BCUT2D eigenvalue weighted by molar-refractivity contribution is 9.10. The smallest absolute Gasteiger partial charge is 0.305 e. The summed E-state index contributed by atoms with van der Waals surface area (Å²) in [5.74, 6) is -3.73. The molecule has 0 radical (unpaired) electrons. The van der Waals surface area contributed by atoms with E-state index in [-0.39, 0.29) is 24.4 Å². The lowest BCUT2D eigenvalue weighted by molar-refractivity contribution is -0.222. The molecule has 124 valence electrons. The number of unbranched alkanes of at least 4 members (excludes halogenated alkanes) is 1. The van der Waals surface area contributed by atoms with E-state index >= 15 is 0 Å². The number of hydrogen-bond donors (Lipinski definition) is 0. The lowest BCUT2D eigenvalue weighted by atomic mass is 9.98. The Morgan fingerprint density at radius 2 is 1.82 bits per heavy atom. The first kappa shape index (κ1) is 19.0. The van der Waals surface area contributed by atoms with Gasteiger partial charge in [0.1, 0.15) is 0 Å². The van der Waals surface area contributed by atoms with Crippen molar-refractivity contribution in [1.82, 2.24) is 0 Å². The van der Waals surface area contributed by atoms with Crippen LogP contribution < -0.4 is 0 Å². The summed E-state index contributed by atoms with van der Waals surface area (Å²) in [7, 11) is 4.04. The second kappa shape index (κ2) is 8.55. The van der Waals surface area contributed by atoms with Crippen LogP contribution in [0.2, 0.25) is 0 Å². The SMILES string of the molecule is COC(=O)CCCCC(OC)(OC)c1cc(Br)cc(F)c1F. The van der Waals surface area contributed by atoms with Crippen molar-refractivity contribution in [3.05, 3.63) is 33.8 Å². The first-order valence-corrected chi connectivity index (χ1v) is 7.51. The molecule has 0 saturated heterocycles. The molecule has 0 atom stereocenters. The first-order chi connectivity index (χ1) is 10.4. The number of hydrogen-bond acceptors (Lipinski definition) is 4. The molecule has 22 heavy (non-hydrogen) atoms. The van der Waals surface area contributed by atoms with E-state index in [1.54, 1.807) is 0 Å². The van der Waals surface area contributed by atoms with Gasteiger partial charge in [-0.2, -0.15) is 0 Å². The molecule has 0 N–H and O–H groups in total. The monoisotopic (exact) mass is 380 g/mol. The van der Waals surface area contributed by atoms with Crippen LogP contribution in [0.15, 0.2) is 16.6 Å². The summed E-state index contributed by atoms with van der Waals surface area (Å²) in [6, 6.07) is 2.46. The summed E-state index contributed by atoms with van der Waals surface area (Å²) in [5, 5.41) is 0. The summed E-state index contributed by atoms with van der Waals surface area (Å²) >= 11 is 3.13. The summed E-state index contributed by atoms with van der Waals surface area (Å²) in [5.41, 5.74) is -0.0255. The number of benzene rings is 1. The van der Waals surface area contributed by atoms with Gasteiger partial charge in [0, 0.05) is 31.5 Å². The normalized spacial score (nSPS) is 11.5. The summed E-state index contributed by atoms with van der Waals surface area (Å²) in [4.78, 5) is 11.1. The van der Waals surface area contributed by atoms with Crippen molar-refractivity contribution in [2.45, 2.75) is 31.5 Å². The van der Waals surface area contributed by atoms with Crippen LogP contribution in [-0.2, 0) is 24.8 Å². The molecule has 0 unspecified atom stereocenters. The Kier molecular flexibility index (Phi) is 7.38. The average molecular weight is 381 g/mol. The molecule has 4 nitrogen and oxygen atoms in total. The minimum Gasteiger partial charge on any atom is -0.469 e. The van der Waals surface area contributed by atoms with Gasteiger partial charge in [-0.3, -0.25) is 4.79 Å². The molecule has 0 fully saturated rings. The van der Waals surface area contributed by atoms with Crippen LogP contribution in [0.5, 0.6) is 0 Å². The Bertz CT molecular complexity index is 519. The molecule has 7 heteroatoms. The van der Waals surface area contributed by atoms with Gasteiger partial charge in [0.2, 0.25) is 0 Å². The molecule has 0 aliphatic rings. The maximum atomic E-state index is 14.1. The van der Waals surface area contributed by atoms with E-state index in [1.165, 1.54) is 27.4 Å². The lowest BCUT2D eigenvalue weighted by Crippen LogP contribution is -2.32. The van der Waals surface area contributed by atoms with Gasteiger partial charge in [0.15, 0.2) is 17.4 Å². The molecule has 0 amide bonds. The van der Waals surface area contributed by atoms with E-state index in [2.05, 4.69) is 20.7 Å². The van der Waals surface area contributed by atoms with Crippen LogP contribution in [0.1, 0.15) is 31.2 Å². The molecule has 0 bridgehead atoms. The summed E-state index contributed by atoms with van der Waals surface area (Å²) in [6.07, 6.45) is 1.56. The van der Waals surface area contributed by atoms with Crippen LogP contribution in [0.3, 0.4) is 0 Å². The molecule has 1 aromatic carbocycles. The molecule has 0 heterocycles. The standard InChI is InChI=1S/C15H19BrF2O4/c1-20-13(19)6-4-5-7-15(21-2,22-3)11-8-10(16)9-12(17)14(11)18/h8-9H,4-7H2,1-3H3. The number of rotatable bonds is 8. The number of methoxy groups -OCH3 is 3. The van der Waals surface area contributed by atoms with Crippen molar-refractivity contribution in [2.75, 3.05) is 21.3 Å². The Morgan fingerprint density at radius 1 is 1.18 bits per heavy atom. The van der Waals surface area contributed by atoms with Crippen molar-refractivity contribution in [1.29, 1.82) is 0 Å². The van der Waals surface area contributed by atoms with Gasteiger partial charge in [-0.1, -0.05) is 15.9 Å². The van der Waals surface area contributed by atoms with Crippen LogP contribution in [0.4, 0.5) is 8.78 Å². The van der Waals surface area contributed by atoms with E-state index in [1.807, 2.05) is 0 Å². The largest absolute Gasteiger partial charge is 0.469 e. The highest BCUT2D eigenvalue weighted by Gasteiger charge is 2.36. The Morgan fingerprint density at radius 3 is 2.36 bits per heavy atom. The lowest BCUT2D eigenvalue weighted by Gasteiger charge is -2.32. The third-order valence-corrected chi connectivity index (χ3v) is 3.89. The fourth-order valence-electron chi connectivity index (χ4n) is 2.20. The minimum absolute atomic E-state index is 0.0255. The highest BCUT2D eigenvalue weighted by Crippen LogP contribution is 2.36. The number of carbonyl (C=O) groups is 1. The van der Waals surface area contributed by atoms with Crippen molar-refractivity contribution in [3.63, 3.8) is 0 Å². The maximum absolute atomic E-state index is 14.1. The molecule has 0 aromatic heterocycles. The van der Waals surface area contributed by atoms with Crippen molar-refractivity contribution in [3.8, 4) is 0 Å². The average Bonchev–Trinajstić information content (AvgIpc) is 2.51. The van der Waals surface area contributed by atoms with Gasteiger partial charge >= 0.3 is 5.97 Å². The third-order valence-electron chi connectivity index (χ3n) is 3.43. The second-order valence-corrected chi connectivity index (χ2v) is 5.61. The second-order valence-electron chi connectivity index (χ2n) is 4.69. The van der Waals surface area contributed by atoms with Crippen LogP contribution in [0, 0.1) is 11.6 Å². The van der Waals surface area contributed by atoms with Crippen LogP contribution in [0.25, 0.3) is 0 Å². The van der Waals surface area contributed by atoms with Gasteiger partial charge in [-0.15, -0.1) is 0 Å². The topological polar surface area (TPSA) is 44.8 Å². The number of halogens is 3. The number of ether oxygens (including phenoxy) is 3. The van der Waals surface area contributed by atoms with Gasteiger partial charge < -0.3 is 14.2 Å². The van der Waals surface area contributed by atoms with Gasteiger partial charge in [0.25, 0.3) is 0 Å². The van der Waals surface area contributed by atoms with Crippen molar-refractivity contribution < 1.29 is 27.8 Å². The minimum atomic E-state index is -1.41. The quantitative estimate of drug-likeness (QED) is 0.297. The predicted octanol–water partition coefficient (Wildman–Crippen LogP) is 3.91. The van der Waals surface area contributed by atoms with E-state index in [0.29, 0.717) is 17.3 Å². The zero-order chi connectivity index (χ0) is 16.8. The Balaban J connectivity index is 2.94. The maximum Gasteiger partial charge on any atom is 0.305 e. The molecule has 0 aliphatic heterocycles. The van der Waals surface area contributed by atoms with Crippen molar-refractivity contribution >= 4 is 21.9 Å². The van der Waals surface area contributed by atoms with Crippen molar-refractivity contribution in [2.24, 2.45) is 0 Å². The zero-order valence-electron chi connectivity index (χ0n) is 12.8. The summed E-state index contributed by atoms with van der Waals surface area (Å²) < 4.78 is 43.3. The van der Waals surface area contributed by atoms with Crippen LogP contribution >= 0.6 is 15.9 Å². The highest BCUT2D eigenvalue weighted by atomic mass is 79.9. The molecule has 1 aromatic rings. The molecule has 0 aliphatic carbocycles.